The van der Waals surface area contributed by atoms with Gasteiger partial charge in [-0.1, -0.05) is 34.4 Å². The van der Waals surface area contributed by atoms with E-state index >= 15 is 0 Å². The summed E-state index contributed by atoms with van der Waals surface area (Å²) in [5.74, 6) is 0.0947. The van der Waals surface area contributed by atoms with Gasteiger partial charge in [0.2, 0.25) is 0 Å². The number of nitrogens with zero attached hydrogens (tertiary/aromatic N) is 2. The van der Waals surface area contributed by atoms with Gasteiger partial charge in [-0.2, -0.15) is 0 Å². The molecule has 0 fully saturated rings. The summed E-state index contributed by atoms with van der Waals surface area (Å²) in [6.45, 7) is 1.69. The third-order valence-corrected chi connectivity index (χ3v) is 3.67. The first-order valence-electron chi connectivity index (χ1n) is 6.09. The van der Waals surface area contributed by atoms with Crippen molar-refractivity contribution < 1.29 is 19.2 Å². The van der Waals surface area contributed by atoms with Crippen LogP contribution in [0.3, 0.4) is 0 Å². The van der Waals surface area contributed by atoms with E-state index in [1.165, 1.54) is 6.07 Å². The number of pyridine rings is 1. The molecule has 0 aliphatic heterocycles. The maximum absolute atomic E-state index is 10.9. The van der Waals surface area contributed by atoms with Crippen molar-refractivity contribution in [2.45, 2.75) is 6.92 Å². The molecule has 6 nitrogen and oxygen atoms in total. The van der Waals surface area contributed by atoms with E-state index in [1.807, 2.05) is 0 Å². The molecule has 0 radical (unpaired) electrons. The summed E-state index contributed by atoms with van der Waals surface area (Å²) >= 11 is 11.9. The third-order valence-electron chi connectivity index (χ3n) is 2.93. The smallest absolute Gasteiger partial charge is 0.449 e. The summed E-state index contributed by atoms with van der Waals surface area (Å²) in [7, 11) is 0. The molecule has 2 aromatic heterocycles. The molecule has 0 saturated carbocycles. The van der Waals surface area contributed by atoms with Gasteiger partial charge in [0.05, 0.1) is 10.0 Å². The highest BCUT2D eigenvalue weighted by atomic mass is 35.5. The zero-order chi connectivity index (χ0) is 15.9. The predicted octanol–water partition coefficient (Wildman–Crippen LogP) is 4.56. The molecule has 0 unspecified atom stereocenters. The van der Waals surface area contributed by atoms with E-state index in [0.717, 1.165) is 0 Å². The first-order chi connectivity index (χ1) is 10.5. The quantitative estimate of drug-likeness (QED) is 0.689. The maximum Gasteiger partial charge on any atom is 0.511 e. The lowest BCUT2D eigenvalue weighted by atomic mass is 10.1. The third kappa shape index (κ3) is 2.58. The monoisotopic (exact) mass is 338 g/mol. The minimum Gasteiger partial charge on any atom is -0.449 e. The Hall–Kier alpha value is -2.31. The molecule has 3 rings (SSSR count). The number of hydrogen-bond donors (Lipinski definition) is 1. The summed E-state index contributed by atoms with van der Waals surface area (Å²) < 4.78 is 9.97. The topological polar surface area (TPSA) is 85.5 Å². The number of hydrogen-bond acceptors (Lipinski definition) is 5. The zero-order valence-corrected chi connectivity index (χ0v) is 12.6. The Kier molecular flexibility index (Phi) is 3.64. The van der Waals surface area contributed by atoms with Crippen molar-refractivity contribution in [1.82, 2.24) is 10.1 Å². The van der Waals surface area contributed by atoms with Gasteiger partial charge in [0, 0.05) is 17.3 Å². The van der Waals surface area contributed by atoms with Gasteiger partial charge < -0.3 is 14.4 Å². The van der Waals surface area contributed by atoms with E-state index in [1.54, 1.807) is 25.1 Å². The average molecular weight is 339 g/mol. The van der Waals surface area contributed by atoms with Crippen LogP contribution in [-0.4, -0.2) is 21.4 Å². The zero-order valence-electron chi connectivity index (χ0n) is 11.1. The van der Waals surface area contributed by atoms with Crippen LogP contribution >= 0.6 is 23.2 Å². The number of rotatable bonds is 2. The average Bonchev–Trinajstić information content (AvgIpc) is 2.85. The van der Waals surface area contributed by atoms with Crippen LogP contribution in [0, 0.1) is 6.92 Å². The highest BCUT2D eigenvalue weighted by molar-refractivity contribution is 6.42. The van der Waals surface area contributed by atoms with E-state index in [9.17, 15) is 4.79 Å². The first kappa shape index (κ1) is 14.6. The molecule has 1 N–H and O–H groups in total. The number of ether oxygens (including phenoxy) is 1. The van der Waals surface area contributed by atoms with E-state index in [2.05, 4.69) is 10.1 Å². The van der Waals surface area contributed by atoms with Crippen LogP contribution < -0.4 is 4.74 Å². The van der Waals surface area contributed by atoms with E-state index in [4.69, 9.17) is 37.6 Å². The Balaban J connectivity index is 2.26. The first-order valence-corrected chi connectivity index (χ1v) is 6.84. The van der Waals surface area contributed by atoms with Gasteiger partial charge in [-0.25, -0.2) is 9.78 Å². The van der Waals surface area contributed by atoms with Gasteiger partial charge in [0.25, 0.3) is 5.71 Å². The fourth-order valence-corrected chi connectivity index (χ4v) is 2.35. The SMILES string of the molecule is Cc1cc(OC(=O)O)c2c(-c3ccc(Cl)c(Cl)c3)noc2n1. The fraction of sp³-hybridized carbons (Fsp3) is 0.0714. The Morgan fingerprint density at radius 1 is 1.27 bits per heavy atom. The lowest BCUT2D eigenvalue weighted by Crippen LogP contribution is -2.04. The summed E-state index contributed by atoms with van der Waals surface area (Å²) in [6, 6.07) is 6.40. The standard InChI is InChI=1S/C14H8Cl2N2O4/c1-6-4-10(21-14(19)20)11-12(18-22-13(11)17-6)7-2-3-8(15)9(16)5-7/h2-5H,1H3,(H,19,20). The van der Waals surface area contributed by atoms with Gasteiger partial charge in [-0.05, 0) is 19.1 Å². The Labute approximate surface area is 134 Å². The maximum atomic E-state index is 10.9. The second kappa shape index (κ2) is 5.47. The van der Waals surface area contributed by atoms with Crippen molar-refractivity contribution in [2.75, 3.05) is 0 Å². The number of fused-ring (bicyclic) bond motifs is 1. The summed E-state index contributed by atoms with van der Waals surface area (Å²) in [5, 5.41) is 13.9. The summed E-state index contributed by atoms with van der Waals surface area (Å²) in [4.78, 5) is 15.0. The van der Waals surface area contributed by atoms with Gasteiger partial charge >= 0.3 is 6.16 Å². The van der Waals surface area contributed by atoms with Crippen molar-refractivity contribution in [2.24, 2.45) is 0 Å². The van der Waals surface area contributed by atoms with E-state index in [0.29, 0.717) is 32.4 Å². The molecular weight excluding hydrogens is 331 g/mol. The molecule has 22 heavy (non-hydrogen) atoms. The van der Waals surface area contributed by atoms with Crippen LogP contribution in [0.5, 0.6) is 5.75 Å². The minimum atomic E-state index is -1.44. The molecule has 0 aliphatic rings. The minimum absolute atomic E-state index is 0.0947. The molecule has 3 aromatic rings. The van der Waals surface area contributed by atoms with E-state index in [-0.39, 0.29) is 11.5 Å². The molecule has 0 spiro atoms. The van der Waals surface area contributed by atoms with Crippen molar-refractivity contribution >= 4 is 40.5 Å². The van der Waals surface area contributed by atoms with Gasteiger partial charge in [-0.15, -0.1) is 0 Å². The molecule has 2 heterocycles. The van der Waals surface area contributed by atoms with Crippen LogP contribution in [0.1, 0.15) is 5.69 Å². The van der Waals surface area contributed by atoms with Gasteiger partial charge in [0.15, 0.2) is 5.75 Å². The molecule has 0 saturated heterocycles. The number of halogens is 2. The second-order valence-electron chi connectivity index (χ2n) is 4.47. The molecular formula is C14H8Cl2N2O4. The molecule has 0 atom stereocenters. The number of aromatic nitrogens is 2. The highest BCUT2D eigenvalue weighted by Crippen LogP contribution is 2.36. The van der Waals surface area contributed by atoms with Crippen molar-refractivity contribution in [3.05, 3.63) is 40.0 Å². The molecule has 8 heteroatoms. The van der Waals surface area contributed by atoms with Gasteiger partial charge in [0.1, 0.15) is 11.1 Å². The lowest BCUT2D eigenvalue weighted by Gasteiger charge is -2.04. The van der Waals surface area contributed by atoms with Crippen LogP contribution in [0.25, 0.3) is 22.4 Å². The second-order valence-corrected chi connectivity index (χ2v) is 5.28. The van der Waals surface area contributed by atoms with Crippen LogP contribution in [0.4, 0.5) is 4.79 Å². The van der Waals surface area contributed by atoms with Crippen molar-refractivity contribution in [1.29, 1.82) is 0 Å². The lowest BCUT2D eigenvalue weighted by molar-refractivity contribution is 0.145. The summed E-state index contributed by atoms with van der Waals surface area (Å²) in [5.41, 5.74) is 1.70. The largest absolute Gasteiger partial charge is 0.511 e. The molecule has 1 aromatic carbocycles. The number of carboxylic acid groups (broad SMARTS) is 1. The molecule has 0 bridgehead atoms. The van der Waals surface area contributed by atoms with Crippen LogP contribution in [-0.2, 0) is 0 Å². The Morgan fingerprint density at radius 2 is 2.05 bits per heavy atom. The number of carbonyl (C=O) groups is 1. The van der Waals surface area contributed by atoms with Crippen molar-refractivity contribution in [3.63, 3.8) is 0 Å². The van der Waals surface area contributed by atoms with Crippen molar-refractivity contribution in [3.8, 4) is 17.0 Å². The van der Waals surface area contributed by atoms with Crippen LogP contribution in [0.15, 0.2) is 28.8 Å². The summed E-state index contributed by atoms with van der Waals surface area (Å²) in [6.07, 6.45) is -1.44. The van der Waals surface area contributed by atoms with E-state index < -0.39 is 6.16 Å². The molecule has 0 aliphatic carbocycles. The van der Waals surface area contributed by atoms with Crippen LogP contribution in [0.2, 0.25) is 10.0 Å². The highest BCUT2D eigenvalue weighted by Gasteiger charge is 2.20. The molecule has 112 valence electrons. The van der Waals surface area contributed by atoms with Gasteiger partial charge in [-0.3, -0.25) is 0 Å². The fourth-order valence-electron chi connectivity index (χ4n) is 2.05. The normalized spacial score (nSPS) is 10.9. The Morgan fingerprint density at radius 3 is 2.73 bits per heavy atom. The predicted molar refractivity (Wildman–Crippen MR) is 80.6 cm³/mol. The Bertz CT molecular complexity index is 892. The number of benzene rings is 1. The molecule has 0 amide bonds. The number of aryl methyl sites for hydroxylation is 1.